The molecule has 8 N–H and O–H groups in total. The van der Waals surface area contributed by atoms with Crippen LogP contribution in [0.25, 0.3) is 0 Å². The Labute approximate surface area is 315 Å². The summed E-state index contributed by atoms with van der Waals surface area (Å²) in [5.41, 5.74) is -1.07. The average molecular weight is 788 g/mol. The summed E-state index contributed by atoms with van der Waals surface area (Å²) in [5, 5.41) is 56.4. The number of phenols is 4. The van der Waals surface area contributed by atoms with Gasteiger partial charge in [0.1, 0.15) is 28.6 Å². The summed E-state index contributed by atoms with van der Waals surface area (Å²) in [6.45, 7) is 3.53. The zero-order valence-electron chi connectivity index (χ0n) is 28.8. The summed E-state index contributed by atoms with van der Waals surface area (Å²) in [5.74, 6) is -11.0. The summed E-state index contributed by atoms with van der Waals surface area (Å²) in [6, 6.07) is 3.63. The van der Waals surface area contributed by atoms with E-state index < -0.39 is 88.3 Å². The fraction of sp³-hybridized carbons (Fsp3) is 0.265. The highest BCUT2D eigenvalue weighted by molar-refractivity contribution is 6.48. The van der Waals surface area contributed by atoms with Crippen molar-refractivity contribution in [2.75, 3.05) is 33.3 Å². The highest BCUT2D eigenvalue weighted by atomic mass is 35.5. The molecule has 1 fully saturated rings. The third kappa shape index (κ3) is 8.29. The van der Waals surface area contributed by atoms with Gasteiger partial charge in [0.05, 0.1) is 22.6 Å². The molecule has 0 spiro atoms. The zero-order valence-corrected chi connectivity index (χ0v) is 29.5. The van der Waals surface area contributed by atoms with Gasteiger partial charge in [0.15, 0.2) is 17.3 Å². The number of carbonyl (C=O) groups excluding carboxylic acids is 4. The molecule has 17 nitrogen and oxygen atoms in total. The predicted octanol–water partition coefficient (Wildman–Crippen LogP) is 2.16. The zero-order chi connectivity index (χ0) is 40.3. The Balaban J connectivity index is 1.29. The first kappa shape index (κ1) is 39.9. The van der Waals surface area contributed by atoms with Crippen LogP contribution < -0.4 is 20.6 Å². The molecular weight excluding hydrogens is 755 g/mol. The largest absolute Gasteiger partial charge is 0.549 e. The number of piperazine rings is 1. The number of aromatic hydroxyl groups is 4. The number of fused-ring (bicyclic) bond motifs is 1. The third-order valence-corrected chi connectivity index (χ3v) is 9.20. The lowest BCUT2D eigenvalue weighted by Gasteiger charge is -2.35. The number of carboxylic acid groups (broad SMARTS) is 1. The number of nitrogens with one attached hydrogen (secondary N) is 3. The van der Waals surface area contributed by atoms with Gasteiger partial charge in [-0.1, -0.05) is 24.2 Å². The maximum atomic E-state index is 14.8. The number of carbonyl (C=O) groups is 5. The number of hydrogen-bond donors (Lipinski definition) is 8. The fourth-order valence-electron chi connectivity index (χ4n) is 6.03. The van der Waals surface area contributed by atoms with Crippen LogP contribution in [-0.2, 0) is 20.7 Å². The van der Waals surface area contributed by atoms with Crippen LogP contribution in [0.15, 0.2) is 48.7 Å². The molecule has 21 heteroatoms. The molecule has 2 aliphatic heterocycles. The molecular formula is C34H33BClF2N5O12. The minimum absolute atomic E-state index is 0.000741. The first-order chi connectivity index (χ1) is 26.0. The van der Waals surface area contributed by atoms with Crippen molar-refractivity contribution in [3.63, 3.8) is 0 Å². The minimum atomic E-state index is -1.59. The average Bonchev–Trinajstić information content (AvgIpc) is 3.14. The van der Waals surface area contributed by atoms with Gasteiger partial charge in [0.2, 0.25) is 0 Å². The van der Waals surface area contributed by atoms with E-state index in [9.17, 15) is 58.3 Å². The summed E-state index contributed by atoms with van der Waals surface area (Å²) in [6.07, 6.45) is 0.136. The van der Waals surface area contributed by atoms with Crippen molar-refractivity contribution in [2.45, 2.75) is 24.8 Å². The monoisotopic (exact) mass is 787 g/mol. The van der Waals surface area contributed by atoms with Crippen LogP contribution in [0.4, 0.5) is 13.6 Å². The summed E-state index contributed by atoms with van der Waals surface area (Å²) in [4.78, 5) is 65.6. The van der Waals surface area contributed by atoms with Crippen molar-refractivity contribution in [3.05, 3.63) is 87.6 Å². The van der Waals surface area contributed by atoms with Crippen LogP contribution in [0.1, 0.15) is 44.3 Å². The first-order valence-corrected chi connectivity index (χ1v) is 16.7. The summed E-state index contributed by atoms with van der Waals surface area (Å²) in [7, 11) is -0.0560. The highest BCUT2D eigenvalue weighted by Gasteiger charge is 2.42. The van der Waals surface area contributed by atoms with Crippen LogP contribution in [0, 0.1) is 11.6 Å². The Morgan fingerprint density at radius 3 is 2.45 bits per heavy atom. The Hall–Kier alpha value is -6.28. The van der Waals surface area contributed by atoms with Crippen molar-refractivity contribution in [3.8, 4) is 28.7 Å². The number of nitrogens with zero attached hydrogens (tertiary/aromatic N) is 2. The maximum Gasteiger partial charge on any atom is 0.549 e. The Kier molecular flexibility index (Phi) is 11.9. The number of phenolic OH excluding ortho intramolecular Hbond substituents is 4. The predicted molar refractivity (Wildman–Crippen MR) is 188 cm³/mol. The molecule has 2 aliphatic rings. The molecule has 0 bridgehead atoms. The molecule has 3 aromatic rings. The number of aromatic carboxylic acids is 1. The number of halogens is 3. The van der Waals surface area contributed by atoms with Crippen LogP contribution in [0.3, 0.4) is 0 Å². The summed E-state index contributed by atoms with van der Waals surface area (Å²) >= 11 is 6.28. The van der Waals surface area contributed by atoms with Gasteiger partial charge in [-0.2, -0.15) is 0 Å². The number of imide groups is 1. The fourth-order valence-corrected chi connectivity index (χ4v) is 6.28. The molecule has 0 aromatic heterocycles. The lowest BCUT2D eigenvalue weighted by Crippen LogP contribution is -2.59. The van der Waals surface area contributed by atoms with Gasteiger partial charge >= 0.3 is 30.9 Å². The van der Waals surface area contributed by atoms with E-state index in [2.05, 4.69) is 22.5 Å². The SMILES string of the molecule is C=C(NC1Cc2ccc(F)c(C(=O)O)c2OB1OC)C(NC(=O)N1CCN(CCCNC(=O)c2ccc(O)cc2O)C(=O)C1=O)c1cc(F)c(O)c(O)c1Cl. The molecule has 2 atom stereocenters. The number of benzene rings is 3. The molecule has 2 heterocycles. The summed E-state index contributed by atoms with van der Waals surface area (Å²) < 4.78 is 40.2. The van der Waals surface area contributed by atoms with Crippen molar-refractivity contribution >= 4 is 48.4 Å². The van der Waals surface area contributed by atoms with Gasteiger partial charge < -0.3 is 55.7 Å². The number of urea groups is 1. The van der Waals surface area contributed by atoms with Gasteiger partial charge in [-0.15, -0.1) is 0 Å². The Bertz CT molecular complexity index is 2090. The van der Waals surface area contributed by atoms with E-state index >= 15 is 0 Å². The molecule has 1 saturated heterocycles. The number of carboxylic acids is 1. The standard InChI is InChI=1S/C34H33BClF2N5O12/c1-15(40-23-12-16-4-7-20(37)24(33(51)52)29(16)55-35(23)54-2)26(19-14-21(38)27(46)28(47)25(19)36)41-34(53)43-11-10-42(31(49)32(43)50)9-3-8-39-30(48)18-6-5-17(44)13-22(18)45/h4-7,13-14,23,26,40,44-47H,1,3,8-12H2,2H3,(H,39,48)(H,41,53)(H,51,52). The normalized spacial score (nSPS) is 15.9. The number of rotatable bonds is 12. The second-order valence-electron chi connectivity index (χ2n) is 12.3. The van der Waals surface area contributed by atoms with Gasteiger partial charge in [-0.05, 0) is 42.7 Å². The van der Waals surface area contributed by atoms with Gasteiger partial charge in [-0.3, -0.25) is 19.3 Å². The quantitative estimate of drug-likeness (QED) is 0.0568. The highest BCUT2D eigenvalue weighted by Crippen LogP contribution is 2.42. The third-order valence-electron chi connectivity index (χ3n) is 8.80. The molecule has 55 heavy (non-hydrogen) atoms. The van der Waals surface area contributed by atoms with Gasteiger partial charge in [0.25, 0.3) is 5.91 Å². The van der Waals surface area contributed by atoms with E-state index in [0.717, 1.165) is 17.0 Å². The van der Waals surface area contributed by atoms with E-state index in [0.29, 0.717) is 11.0 Å². The van der Waals surface area contributed by atoms with Crippen LogP contribution in [0.5, 0.6) is 28.7 Å². The lowest BCUT2D eigenvalue weighted by molar-refractivity contribution is -0.153. The van der Waals surface area contributed by atoms with Crippen molar-refractivity contribution in [2.24, 2.45) is 0 Å². The topological polar surface area (TPSA) is 248 Å². The molecule has 2 unspecified atom stereocenters. The van der Waals surface area contributed by atoms with Crippen molar-refractivity contribution in [1.29, 1.82) is 0 Å². The molecule has 0 saturated carbocycles. The molecule has 290 valence electrons. The molecule has 5 rings (SSSR count). The maximum absolute atomic E-state index is 14.8. The van der Waals surface area contributed by atoms with Crippen LogP contribution in [0.2, 0.25) is 5.02 Å². The van der Waals surface area contributed by atoms with Gasteiger partial charge in [0, 0.05) is 50.6 Å². The lowest BCUT2D eigenvalue weighted by atomic mass is 9.71. The number of amides is 5. The smallest absolute Gasteiger partial charge is 0.534 e. The molecule has 5 amide bonds. The van der Waals surface area contributed by atoms with Crippen molar-refractivity contribution < 1.29 is 67.6 Å². The minimum Gasteiger partial charge on any atom is -0.534 e. The van der Waals surface area contributed by atoms with E-state index in [1.54, 1.807) is 0 Å². The van der Waals surface area contributed by atoms with Crippen LogP contribution in [-0.4, -0.2) is 111 Å². The van der Waals surface area contributed by atoms with Gasteiger partial charge in [-0.25, -0.2) is 18.4 Å². The number of hydrogen-bond acceptors (Lipinski definition) is 12. The Morgan fingerprint density at radius 1 is 1.05 bits per heavy atom. The second kappa shape index (κ2) is 16.4. The second-order valence-corrected chi connectivity index (χ2v) is 12.7. The van der Waals surface area contributed by atoms with E-state index in [1.807, 2.05) is 0 Å². The first-order valence-electron chi connectivity index (χ1n) is 16.3. The molecule has 0 radical (unpaired) electrons. The molecule has 0 aliphatic carbocycles. The molecule has 3 aromatic carbocycles. The van der Waals surface area contributed by atoms with E-state index in [-0.39, 0.29) is 72.9 Å². The van der Waals surface area contributed by atoms with Crippen LogP contribution >= 0.6 is 11.6 Å². The van der Waals surface area contributed by atoms with E-state index in [1.165, 1.54) is 25.3 Å². The Morgan fingerprint density at radius 2 is 1.78 bits per heavy atom. The van der Waals surface area contributed by atoms with E-state index in [4.69, 9.17) is 20.9 Å². The van der Waals surface area contributed by atoms with Crippen molar-refractivity contribution in [1.82, 2.24) is 25.8 Å².